The number of carbonyl (C=O) groups excluding carboxylic acids is 1. The molecule has 2 heterocycles. The van der Waals surface area contributed by atoms with Gasteiger partial charge in [-0.05, 0) is 38.1 Å². The molecule has 1 aromatic heterocycles. The van der Waals surface area contributed by atoms with Gasteiger partial charge in [0.25, 0.3) is 5.91 Å². The van der Waals surface area contributed by atoms with Gasteiger partial charge in [0.2, 0.25) is 0 Å². The molecule has 0 aliphatic carbocycles. The normalized spacial score (nSPS) is 14.9. The molecular formula is C18H24ClN3O2S. The van der Waals surface area contributed by atoms with Gasteiger partial charge in [-0.3, -0.25) is 9.69 Å². The van der Waals surface area contributed by atoms with Gasteiger partial charge < -0.3 is 9.64 Å². The molecule has 0 spiro atoms. The minimum atomic E-state index is 0. The summed E-state index contributed by atoms with van der Waals surface area (Å²) < 4.78 is 5.42. The number of aromatic nitrogens is 1. The minimum Gasteiger partial charge on any atom is -0.494 e. The minimum absolute atomic E-state index is 0. The first-order valence-electron chi connectivity index (χ1n) is 8.31. The summed E-state index contributed by atoms with van der Waals surface area (Å²) in [4.78, 5) is 21.4. The van der Waals surface area contributed by atoms with E-state index in [1.54, 1.807) is 11.3 Å². The molecule has 0 saturated carbocycles. The number of benzene rings is 1. The van der Waals surface area contributed by atoms with E-state index in [9.17, 15) is 4.79 Å². The molecule has 2 aromatic rings. The van der Waals surface area contributed by atoms with Crippen molar-refractivity contribution in [1.29, 1.82) is 0 Å². The van der Waals surface area contributed by atoms with E-state index in [-0.39, 0.29) is 18.3 Å². The van der Waals surface area contributed by atoms with Crippen LogP contribution in [0.1, 0.15) is 28.0 Å². The summed E-state index contributed by atoms with van der Waals surface area (Å²) in [5.41, 5.74) is 1.81. The Bertz CT molecular complexity index is 682. The summed E-state index contributed by atoms with van der Waals surface area (Å²) in [5.74, 6) is 0.903. The van der Waals surface area contributed by atoms with Crippen molar-refractivity contribution in [3.63, 3.8) is 0 Å². The number of aryl methyl sites for hydroxylation is 1. The molecule has 5 nitrogen and oxygen atoms in total. The zero-order valence-electron chi connectivity index (χ0n) is 14.6. The van der Waals surface area contributed by atoms with Crippen LogP contribution in [0.4, 0.5) is 0 Å². The highest BCUT2D eigenvalue weighted by Gasteiger charge is 2.22. The van der Waals surface area contributed by atoms with Crippen molar-refractivity contribution < 1.29 is 9.53 Å². The van der Waals surface area contributed by atoms with Crippen LogP contribution in [0.3, 0.4) is 0 Å². The topological polar surface area (TPSA) is 45.7 Å². The van der Waals surface area contributed by atoms with Gasteiger partial charge in [-0.25, -0.2) is 4.98 Å². The highest BCUT2D eigenvalue weighted by Crippen LogP contribution is 2.16. The molecule has 25 heavy (non-hydrogen) atoms. The second-order valence-electron chi connectivity index (χ2n) is 5.91. The Morgan fingerprint density at radius 3 is 2.44 bits per heavy atom. The zero-order valence-corrected chi connectivity index (χ0v) is 16.2. The fourth-order valence-corrected chi connectivity index (χ4v) is 3.63. The van der Waals surface area contributed by atoms with Crippen molar-refractivity contribution in [3.05, 3.63) is 45.9 Å². The number of carbonyl (C=O) groups is 1. The lowest BCUT2D eigenvalue weighted by Gasteiger charge is -2.34. The van der Waals surface area contributed by atoms with Gasteiger partial charge in [-0.1, -0.05) is 0 Å². The van der Waals surface area contributed by atoms with Crippen molar-refractivity contribution in [2.45, 2.75) is 20.4 Å². The Hall–Kier alpha value is -1.63. The lowest BCUT2D eigenvalue weighted by molar-refractivity contribution is 0.0628. The highest BCUT2D eigenvalue weighted by molar-refractivity contribution is 7.09. The maximum Gasteiger partial charge on any atom is 0.253 e. The first-order valence-corrected chi connectivity index (χ1v) is 9.19. The average molecular weight is 382 g/mol. The first kappa shape index (κ1) is 19.7. The van der Waals surface area contributed by atoms with Gasteiger partial charge in [-0.15, -0.1) is 23.7 Å². The van der Waals surface area contributed by atoms with Crippen molar-refractivity contribution in [2.75, 3.05) is 32.8 Å². The Balaban J connectivity index is 0.00000225. The van der Waals surface area contributed by atoms with Crippen LogP contribution in [0.2, 0.25) is 0 Å². The summed E-state index contributed by atoms with van der Waals surface area (Å²) in [6.45, 7) is 8.78. The summed E-state index contributed by atoms with van der Waals surface area (Å²) in [6.07, 6.45) is 0. The van der Waals surface area contributed by atoms with Crippen LogP contribution in [-0.2, 0) is 6.54 Å². The Kier molecular flexibility index (Phi) is 7.23. The third-order valence-electron chi connectivity index (χ3n) is 4.10. The highest BCUT2D eigenvalue weighted by atomic mass is 35.5. The van der Waals surface area contributed by atoms with Crippen molar-refractivity contribution >= 4 is 29.7 Å². The third kappa shape index (κ3) is 5.17. The molecular weight excluding hydrogens is 358 g/mol. The van der Waals surface area contributed by atoms with Gasteiger partial charge >= 0.3 is 0 Å². The van der Waals surface area contributed by atoms with E-state index in [0.29, 0.717) is 6.61 Å². The molecule has 0 bridgehead atoms. The number of halogens is 1. The number of piperazine rings is 1. The molecule has 136 valence electrons. The maximum atomic E-state index is 12.6. The molecule has 1 aromatic carbocycles. The second-order valence-corrected chi connectivity index (χ2v) is 6.85. The molecule has 1 saturated heterocycles. The smallest absolute Gasteiger partial charge is 0.253 e. The summed E-state index contributed by atoms with van der Waals surface area (Å²) in [7, 11) is 0. The van der Waals surface area contributed by atoms with E-state index in [0.717, 1.165) is 54.7 Å². The van der Waals surface area contributed by atoms with Crippen LogP contribution in [-0.4, -0.2) is 53.5 Å². The van der Waals surface area contributed by atoms with Crippen LogP contribution < -0.4 is 4.74 Å². The maximum absolute atomic E-state index is 12.6. The number of hydrogen-bond acceptors (Lipinski definition) is 5. The lowest BCUT2D eigenvalue weighted by Crippen LogP contribution is -2.48. The van der Waals surface area contributed by atoms with E-state index in [1.807, 2.05) is 43.0 Å². The molecule has 1 fully saturated rings. The van der Waals surface area contributed by atoms with Gasteiger partial charge in [0, 0.05) is 42.8 Å². The van der Waals surface area contributed by atoms with Crippen LogP contribution in [0.5, 0.6) is 5.75 Å². The van der Waals surface area contributed by atoms with E-state index in [1.165, 1.54) is 0 Å². The van der Waals surface area contributed by atoms with Crippen molar-refractivity contribution in [1.82, 2.24) is 14.8 Å². The third-order valence-corrected chi connectivity index (χ3v) is 5.05. The molecule has 1 aliphatic rings. The van der Waals surface area contributed by atoms with Crippen LogP contribution in [0.15, 0.2) is 29.6 Å². The molecule has 0 radical (unpaired) electrons. The number of ether oxygens (including phenoxy) is 1. The Morgan fingerprint density at radius 1 is 1.20 bits per heavy atom. The number of nitrogens with zero attached hydrogens (tertiary/aromatic N) is 3. The van der Waals surface area contributed by atoms with Crippen LogP contribution in [0, 0.1) is 6.92 Å². The summed E-state index contributed by atoms with van der Waals surface area (Å²) >= 11 is 1.71. The lowest BCUT2D eigenvalue weighted by atomic mass is 10.1. The molecule has 7 heteroatoms. The van der Waals surface area contributed by atoms with Crippen molar-refractivity contribution in [3.8, 4) is 5.75 Å². The number of amides is 1. The Labute approximate surface area is 159 Å². The molecule has 1 aliphatic heterocycles. The predicted octanol–water partition coefficient (Wildman–Crippen LogP) is 3.23. The molecule has 0 atom stereocenters. The fraction of sp³-hybridized carbons (Fsp3) is 0.444. The van der Waals surface area contributed by atoms with Crippen LogP contribution >= 0.6 is 23.7 Å². The standard InChI is InChI=1S/C18H23N3O2S.ClH/c1-3-23-16-6-4-15(5-7-16)18(22)21-10-8-20(9-11-21)12-17-19-14(2)13-24-17;/h4-7,13H,3,8-12H2,1-2H3;1H. The zero-order chi connectivity index (χ0) is 16.9. The predicted molar refractivity (Wildman–Crippen MR) is 103 cm³/mol. The molecule has 3 rings (SSSR count). The van der Waals surface area contributed by atoms with Gasteiger partial charge in [0.05, 0.1) is 13.2 Å². The monoisotopic (exact) mass is 381 g/mol. The molecule has 0 N–H and O–H groups in total. The Morgan fingerprint density at radius 2 is 1.88 bits per heavy atom. The molecule has 1 amide bonds. The summed E-state index contributed by atoms with van der Waals surface area (Å²) in [6, 6.07) is 7.41. The van der Waals surface area contributed by atoms with Gasteiger partial charge in [0.1, 0.15) is 10.8 Å². The van der Waals surface area contributed by atoms with E-state index in [4.69, 9.17) is 4.74 Å². The fourth-order valence-electron chi connectivity index (χ4n) is 2.82. The number of hydrogen-bond donors (Lipinski definition) is 0. The van der Waals surface area contributed by atoms with Gasteiger partial charge in [0.15, 0.2) is 0 Å². The molecule has 0 unspecified atom stereocenters. The quantitative estimate of drug-likeness (QED) is 0.797. The van der Waals surface area contributed by atoms with Crippen LogP contribution in [0.25, 0.3) is 0 Å². The first-order chi connectivity index (χ1) is 11.7. The number of rotatable bonds is 5. The van der Waals surface area contributed by atoms with Gasteiger partial charge in [-0.2, -0.15) is 0 Å². The summed E-state index contributed by atoms with van der Waals surface area (Å²) in [5, 5.41) is 3.24. The number of thiazole rings is 1. The van der Waals surface area contributed by atoms with Crippen molar-refractivity contribution in [2.24, 2.45) is 0 Å². The largest absolute Gasteiger partial charge is 0.494 e. The average Bonchev–Trinajstić information content (AvgIpc) is 3.01. The van der Waals surface area contributed by atoms with E-state index >= 15 is 0 Å². The SMILES string of the molecule is CCOc1ccc(C(=O)N2CCN(Cc3nc(C)cs3)CC2)cc1.Cl. The second kappa shape index (κ2) is 9.17. The van der Waals surface area contributed by atoms with E-state index < -0.39 is 0 Å². The van der Waals surface area contributed by atoms with E-state index in [2.05, 4.69) is 15.3 Å².